The summed E-state index contributed by atoms with van der Waals surface area (Å²) in [6.45, 7) is 4.06. The number of nitrogens with two attached hydrogens (primary N) is 1. The molecule has 0 aliphatic carbocycles. The molecule has 0 radical (unpaired) electrons. The molecule has 0 saturated heterocycles. The zero-order valence-electron chi connectivity index (χ0n) is 10.8. The van der Waals surface area contributed by atoms with Crippen LogP contribution in [0.2, 0.25) is 0 Å². The third-order valence-corrected chi connectivity index (χ3v) is 3.73. The fourth-order valence-electron chi connectivity index (χ4n) is 2.24. The second kappa shape index (κ2) is 5.06. The fraction of sp³-hybridized carbons (Fsp3) is 0.500. The molecule has 1 aromatic rings. The first-order valence-electron chi connectivity index (χ1n) is 6.40. The zero-order chi connectivity index (χ0) is 13.3. The van der Waals surface area contributed by atoms with Crippen LogP contribution in [-0.2, 0) is 11.2 Å². The number of benzene rings is 1. The van der Waals surface area contributed by atoms with Crippen LogP contribution in [-0.4, -0.2) is 5.91 Å². The van der Waals surface area contributed by atoms with Gasteiger partial charge < -0.3 is 11.1 Å². The van der Waals surface area contributed by atoms with Gasteiger partial charge in [0.05, 0.1) is 0 Å². The SMILES string of the molecule is CCC(C)C(N)c1cc2c(cc1F)NC(=O)CC2. The van der Waals surface area contributed by atoms with E-state index in [1.54, 1.807) is 6.07 Å². The molecule has 0 saturated carbocycles. The highest BCUT2D eigenvalue weighted by atomic mass is 19.1. The van der Waals surface area contributed by atoms with Gasteiger partial charge in [-0.2, -0.15) is 0 Å². The van der Waals surface area contributed by atoms with Gasteiger partial charge in [0.25, 0.3) is 0 Å². The Bertz CT molecular complexity index is 473. The number of amides is 1. The lowest BCUT2D eigenvalue weighted by Gasteiger charge is -2.23. The van der Waals surface area contributed by atoms with Crippen LogP contribution in [0.1, 0.15) is 43.9 Å². The van der Waals surface area contributed by atoms with E-state index in [0.717, 1.165) is 12.0 Å². The summed E-state index contributed by atoms with van der Waals surface area (Å²) in [5.41, 5.74) is 8.20. The molecule has 2 rings (SSSR count). The van der Waals surface area contributed by atoms with Crippen molar-refractivity contribution in [3.63, 3.8) is 0 Å². The van der Waals surface area contributed by atoms with Crippen LogP contribution in [0.3, 0.4) is 0 Å². The van der Waals surface area contributed by atoms with Gasteiger partial charge in [0.1, 0.15) is 5.82 Å². The third-order valence-electron chi connectivity index (χ3n) is 3.73. The standard InChI is InChI=1S/C14H19FN2O/c1-3-8(2)14(16)10-6-9-4-5-13(18)17-12(9)7-11(10)15/h6-8,14H,3-5,16H2,1-2H3,(H,17,18). The number of carbonyl (C=O) groups is 1. The number of nitrogens with one attached hydrogen (secondary N) is 1. The summed E-state index contributed by atoms with van der Waals surface area (Å²) in [6, 6.07) is 2.91. The van der Waals surface area contributed by atoms with Crippen LogP contribution in [0, 0.1) is 11.7 Å². The molecule has 1 aromatic carbocycles. The number of rotatable bonds is 3. The van der Waals surface area contributed by atoms with Crippen LogP contribution < -0.4 is 11.1 Å². The number of hydrogen-bond donors (Lipinski definition) is 2. The highest BCUT2D eigenvalue weighted by molar-refractivity contribution is 5.93. The Labute approximate surface area is 107 Å². The van der Waals surface area contributed by atoms with Crippen molar-refractivity contribution in [3.05, 3.63) is 29.1 Å². The molecule has 18 heavy (non-hydrogen) atoms. The lowest BCUT2D eigenvalue weighted by Crippen LogP contribution is -2.23. The van der Waals surface area contributed by atoms with Gasteiger partial charge in [-0.25, -0.2) is 4.39 Å². The van der Waals surface area contributed by atoms with Crippen molar-refractivity contribution >= 4 is 11.6 Å². The molecule has 2 unspecified atom stereocenters. The highest BCUT2D eigenvalue weighted by Gasteiger charge is 2.22. The molecular weight excluding hydrogens is 231 g/mol. The summed E-state index contributed by atoms with van der Waals surface area (Å²) in [6.07, 6.45) is 2.02. The minimum atomic E-state index is -0.330. The second-order valence-corrected chi connectivity index (χ2v) is 4.99. The van der Waals surface area contributed by atoms with Crippen molar-refractivity contribution in [1.29, 1.82) is 0 Å². The predicted molar refractivity (Wildman–Crippen MR) is 69.7 cm³/mol. The normalized spacial score (nSPS) is 17.9. The molecule has 1 aliphatic rings. The van der Waals surface area contributed by atoms with Gasteiger partial charge in [-0.15, -0.1) is 0 Å². The Balaban J connectivity index is 2.36. The maximum absolute atomic E-state index is 14.0. The van der Waals surface area contributed by atoms with Gasteiger partial charge in [-0.1, -0.05) is 20.3 Å². The molecule has 2 atom stereocenters. The molecule has 1 amide bonds. The molecule has 98 valence electrons. The Kier molecular flexibility index (Phi) is 3.66. The van der Waals surface area contributed by atoms with E-state index < -0.39 is 0 Å². The average Bonchev–Trinajstić information content (AvgIpc) is 2.36. The molecule has 0 spiro atoms. The number of anilines is 1. The Morgan fingerprint density at radius 2 is 2.17 bits per heavy atom. The smallest absolute Gasteiger partial charge is 0.224 e. The van der Waals surface area contributed by atoms with E-state index in [0.29, 0.717) is 24.1 Å². The highest BCUT2D eigenvalue weighted by Crippen LogP contribution is 2.31. The van der Waals surface area contributed by atoms with Crippen LogP contribution in [0.15, 0.2) is 12.1 Å². The maximum Gasteiger partial charge on any atom is 0.224 e. The molecule has 4 heteroatoms. The van der Waals surface area contributed by atoms with E-state index in [9.17, 15) is 9.18 Å². The van der Waals surface area contributed by atoms with E-state index in [2.05, 4.69) is 5.32 Å². The summed E-state index contributed by atoms with van der Waals surface area (Å²) in [7, 11) is 0. The van der Waals surface area contributed by atoms with E-state index >= 15 is 0 Å². The van der Waals surface area contributed by atoms with Crippen LogP contribution in [0.25, 0.3) is 0 Å². The van der Waals surface area contributed by atoms with Gasteiger partial charge in [0.15, 0.2) is 0 Å². The lowest BCUT2D eigenvalue weighted by atomic mass is 9.90. The maximum atomic E-state index is 14.0. The molecule has 0 fully saturated rings. The first-order chi connectivity index (χ1) is 8.52. The van der Waals surface area contributed by atoms with Gasteiger partial charge in [0, 0.05) is 23.7 Å². The summed E-state index contributed by atoms with van der Waals surface area (Å²) in [4.78, 5) is 11.3. The largest absolute Gasteiger partial charge is 0.326 e. The van der Waals surface area contributed by atoms with Crippen molar-refractivity contribution in [2.75, 3.05) is 5.32 Å². The second-order valence-electron chi connectivity index (χ2n) is 4.99. The molecule has 1 aliphatic heterocycles. The Hall–Kier alpha value is -1.42. The van der Waals surface area contributed by atoms with Crippen LogP contribution in [0.5, 0.6) is 0 Å². The number of hydrogen-bond acceptors (Lipinski definition) is 2. The van der Waals surface area contributed by atoms with Gasteiger partial charge in [-0.3, -0.25) is 4.79 Å². The topological polar surface area (TPSA) is 55.1 Å². The van der Waals surface area contributed by atoms with E-state index in [1.165, 1.54) is 6.07 Å². The summed E-state index contributed by atoms with van der Waals surface area (Å²) < 4.78 is 14.0. The summed E-state index contributed by atoms with van der Waals surface area (Å²) in [5.74, 6) is -0.152. The number of aryl methyl sites for hydroxylation is 1. The first-order valence-corrected chi connectivity index (χ1v) is 6.40. The molecule has 3 nitrogen and oxygen atoms in total. The lowest BCUT2D eigenvalue weighted by molar-refractivity contribution is -0.116. The van der Waals surface area contributed by atoms with Crippen molar-refractivity contribution < 1.29 is 9.18 Å². The quantitative estimate of drug-likeness (QED) is 0.866. The van der Waals surface area contributed by atoms with E-state index in [-0.39, 0.29) is 23.7 Å². The summed E-state index contributed by atoms with van der Waals surface area (Å²) >= 11 is 0. The number of carbonyl (C=O) groups excluding carboxylic acids is 1. The average molecular weight is 250 g/mol. The minimum absolute atomic E-state index is 0.0547. The molecule has 1 heterocycles. The zero-order valence-corrected chi connectivity index (χ0v) is 10.8. The molecular formula is C14H19FN2O. The third kappa shape index (κ3) is 2.38. The number of fused-ring (bicyclic) bond motifs is 1. The fourth-order valence-corrected chi connectivity index (χ4v) is 2.24. The van der Waals surface area contributed by atoms with Crippen molar-refractivity contribution in [1.82, 2.24) is 0 Å². The Morgan fingerprint density at radius 1 is 1.44 bits per heavy atom. The molecule has 0 bridgehead atoms. The van der Waals surface area contributed by atoms with Crippen molar-refractivity contribution in [3.8, 4) is 0 Å². The van der Waals surface area contributed by atoms with Crippen LogP contribution in [0.4, 0.5) is 10.1 Å². The van der Waals surface area contributed by atoms with Crippen LogP contribution >= 0.6 is 0 Å². The molecule has 3 N–H and O–H groups in total. The first kappa shape index (κ1) is 13.0. The molecule has 0 aromatic heterocycles. The van der Waals surface area contributed by atoms with Gasteiger partial charge in [-0.05, 0) is 30.0 Å². The monoisotopic (exact) mass is 250 g/mol. The van der Waals surface area contributed by atoms with Gasteiger partial charge in [0.2, 0.25) is 5.91 Å². The predicted octanol–water partition coefficient (Wildman–Crippen LogP) is 2.76. The van der Waals surface area contributed by atoms with Crippen molar-refractivity contribution in [2.45, 2.75) is 39.2 Å². The number of halogens is 1. The summed E-state index contributed by atoms with van der Waals surface area (Å²) in [5, 5.41) is 2.69. The van der Waals surface area contributed by atoms with Gasteiger partial charge >= 0.3 is 0 Å². The van der Waals surface area contributed by atoms with E-state index in [4.69, 9.17) is 5.73 Å². The minimum Gasteiger partial charge on any atom is -0.326 e. The Morgan fingerprint density at radius 3 is 2.83 bits per heavy atom. The van der Waals surface area contributed by atoms with E-state index in [1.807, 2.05) is 13.8 Å². The van der Waals surface area contributed by atoms with Crippen molar-refractivity contribution in [2.24, 2.45) is 11.7 Å².